The molecule has 0 aliphatic carbocycles. The van der Waals surface area contributed by atoms with E-state index in [1.54, 1.807) is 0 Å². The van der Waals surface area contributed by atoms with Crippen LogP contribution in [-0.4, -0.2) is 15.8 Å². The predicted octanol–water partition coefficient (Wildman–Crippen LogP) is 4.35. The Morgan fingerprint density at radius 2 is 1.83 bits per heavy atom. The summed E-state index contributed by atoms with van der Waals surface area (Å²) >= 11 is 0. The van der Waals surface area contributed by atoms with Gasteiger partial charge in [0.25, 0.3) is 0 Å². The van der Waals surface area contributed by atoms with Crippen LogP contribution in [0.4, 0.5) is 5.69 Å². The number of hydrogen-bond donors (Lipinski definition) is 4. The van der Waals surface area contributed by atoms with Gasteiger partial charge in [-0.3, -0.25) is 5.41 Å². The Bertz CT molecular complexity index is 1130. The minimum Gasteiger partial charge on any atom is -0.489 e. The molecule has 29 heavy (non-hydrogen) atoms. The van der Waals surface area contributed by atoms with Crippen LogP contribution in [0.2, 0.25) is 0 Å². The fourth-order valence-corrected chi connectivity index (χ4v) is 3.17. The van der Waals surface area contributed by atoms with Crippen LogP contribution in [0.5, 0.6) is 5.75 Å². The second kappa shape index (κ2) is 8.06. The first kappa shape index (κ1) is 18.6. The second-order valence-electron chi connectivity index (χ2n) is 6.89. The van der Waals surface area contributed by atoms with Crippen molar-refractivity contribution in [1.29, 1.82) is 5.41 Å². The number of fused-ring (bicyclic) bond motifs is 1. The number of nitrogens with zero attached hydrogens (tertiary/aromatic N) is 1. The van der Waals surface area contributed by atoms with Crippen LogP contribution in [0, 0.1) is 12.3 Å². The van der Waals surface area contributed by atoms with E-state index in [2.05, 4.69) is 22.4 Å². The van der Waals surface area contributed by atoms with Gasteiger partial charge in [-0.1, -0.05) is 30.3 Å². The summed E-state index contributed by atoms with van der Waals surface area (Å²) in [7, 11) is 0. The zero-order chi connectivity index (χ0) is 20.2. The highest BCUT2D eigenvalue weighted by Gasteiger charge is 2.10. The zero-order valence-corrected chi connectivity index (χ0v) is 16.2. The van der Waals surface area contributed by atoms with Gasteiger partial charge in [0.15, 0.2) is 0 Å². The number of hydrogen-bond acceptors (Lipinski definition) is 4. The number of anilines is 1. The predicted molar refractivity (Wildman–Crippen MR) is 116 cm³/mol. The Morgan fingerprint density at radius 1 is 1.07 bits per heavy atom. The molecule has 0 saturated heterocycles. The van der Waals surface area contributed by atoms with Crippen LogP contribution >= 0.6 is 0 Å². The van der Waals surface area contributed by atoms with E-state index in [1.165, 1.54) is 0 Å². The van der Waals surface area contributed by atoms with Crippen LogP contribution in [0.15, 0.2) is 66.7 Å². The number of rotatable bonds is 7. The molecule has 0 aliphatic rings. The standard InChI is InChI=1S/C23H23N5O/c1-15-20(29-14-16-5-3-2-4-6-16)12-11-19-22(15)28-21(27-19)13-26-18-9-7-17(8-10-18)23(24)25/h2-12,26H,13-14H2,1H3,(H3,24,25)(H,27,28). The molecule has 0 atom stereocenters. The summed E-state index contributed by atoms with van der Waals surface area (Å²) in [6, 6.07) is 21.6. The molecular formula is C23H23N5O. The minimum absolute atomic E-state index is 0.0644. The zero-order valence-electron chi connectivity index (χ0n) is 16.2. The first-order valence-electron chi connectivity index (χ1n) is 9.43. The van der Waals surface area contributed by atoms with Gasteiger partial charge in [-0.2, -0.15) is 0 Å². The fraction of sp³-hybridized carbons (Fsp3) is 0.130. The number of nitrogens with one attached hydrogen (secondary N) is 3. The smallest absolute Gasteiger partial charge is 0.126 e. The number of amidine groups is 1. The highest BCUT2D eigenvalue weighted by Crippen LogP contribution is 2.26. The van der Waals surface area contributed by atoms with Crippen molar-refractivity contribution in [3.63, 3.8) is 0 Å². The van der Waals surface area contributed by atoms with Crippen molar-refractivity contribution in [3.05, 3.63) is 89.2 Å². The number of nitrogens with two attached hydrogens (primary N) is 1. The molecule has 0 spiro atoms. The lowest BCUT2D eigenvalue weighted by molar-refractivity contribution is 0.304. The molecular weight excluding hydrogens is 362 g/mol. The van der Waals surface area contributed by atoms with Gasteiger partial charge in [-0.25, -0.2) is 4.98 Å². The van der Waals surface area contributed by atoms with Gasteiger partial charge in [0.2, 0.25) is 0 Å². The number of nitrogen functional groups attached to an aromatic ring is 1. The average molecular weight is 385 g/mol. The third-order valence-electron chi connectivity index (χ3n) is 4.80. The Hall–Kier alpha value is -3.80. The van der Waals surface area contributed by atoms with Gasteiger partial charge in [0, 0.05) is 16.8 Å². The molecule has 3 aromatic carbocycles. The topological polar surface area (TPSA) is 99.8 Å². The number of aryl methyl sites for hydroxylation is 1. The van der Waals surface area contributed by atoms with E-state index in [0.29, 0.717) is 18.7 Å². The summed E-state index contributed by atoms with van der Waals surface area (Å²) in [6.45, 7) is 3.12. The summed E-state index contributed by atoms with van der Waals surface area (Å²) < 4.78 is 6.00. The van der Waals surface area contributed by atoms with Crippen LogP contribution < -0.4 is 15.8 Å². The molecule has 0 aliphatic heterocycles. The summed E-state index contributed by atoms with van der Waals surface area (Å²) in [4.78, 5) is 8.09. The van der Waals surface area contributed by atoms with Gasteiger partial charge in [0.1, 0.15) is 24.0 Å². The highest BCUT2D eigenvalue weighted by atomic mass is 16.5. The lowest BCUT2D eigenvalue weighted by atomic mass is 10.2. The van der Waals surface area contributed by atoms with E-state index in [0.717, 1.165) is 39.4 Å². The van der Waals surface area contributed by atoms with Gasteiger partial charge in [0.05, 0.1) is 17.6 Å². The lowest BCUT2D eigenvalue weighted by Crippen LogP contribution is -2.10. The largest absolute Gasteiger partial charge is 0.489 e. The number of H-pyrrole nitrogens is 1. The molecule has 0 amide bonds. The van der Waals surface area contributed by atoms with Crippen molar-refractivity contribution < 1.29 is 4.74 Å². The van der Waals surface area contributed by atoms with Crippen molar-refractivity contribution in [2.45, 2.75) is 20.1 Å². The molecule has 0 saturated carbocycles. The Balaban J connectivity index is 1.46. The third kappa shape index (κ3) is 4.21. The van der Waals surface area contributed by atoms with Crippen molar-refractivity contribution in [2.24, 2.45) is 5.73 Å². The fourth-order valence-electron chi connectivity index (χ4n) is 3.17. The molecule has 6 heteroatoms. The average Bonchev–Trinajstić information content (AvgIpc) is 3.17. The lowest BCUT2D eigenvalue weighted by Gasteiger charge is -2.09. The maximum Gasteiger partial charge on any atom is 0.126 e. The normalized spacial score (nSPS) is 10.8. The van der Waals surface area contributed by atoms with Gasteiger partial charge >= 0.3 is 0 Å². The molecule has 4 rings (SSSR count). The third-order valence-corrected chi connectivity index (χ3v) is 4.80. The number of aromatic amines is 1. The number of aromatic nitrogens is 2. The quantitative estimate of drug-likeness (QED) is 0.281. The molecule has 6 nitrogen and oxygen atoms in total. The van der Waals surface area contributed by atoms with E-state index < -0.39 is 0 Å². The van der Waals surface area contributed by atoms with Crippen LogP contribution in [-0.2, 0) is 13.2 Å². The number of benzene rings is 3. The van der Waals surface area contributed by atoms with Crippen molar-refractivity contribution in [3.8, 4) is 5.75 Å². The van der Waals surface area contributed by atoms with E-state index in [4.69, 9.17) is 20.9 Å². The molecule has 146 valence electrons. The van der Waals surface area contributed by atoms with Crippen molar-refractivity contribution in [2.75, 3.05) is 5.32 Å². The molecule has 5 N–H and O–H groups in total. The SMILES string of the molecule is Cc1c(OCc2ccccc2)ccc2[nH]c(CNc3ccc(C(=N)N)cc3)nc12. The Morgan fingerprint density at radius 3 is 2.55 bits per heavy atom. The number of imidazole rings is 1. The van der Waals surface area contributed by atoms with E-state index in [-0.39, 0.29) is 5.84 Å². The minimum atomic E-state index is 0.0644. The van der Waals surface area contributed by atoms with Gasteiger partial charge in [-0.05, 0) is 48.9 Å². The molecule has 4 aromatic rings. The first-order valence-corrected chi connectivity index (χ1v) is 9.43. The van der Waals surface area contributed by atoms with Crippen LogP contribution in [0.1, 0.15) is 22.5 Å². The monoisotopic (exact) mass is 385 g/mol. The van der Waals surface area contributed by atoms with E-state index >= 15 is 0 Å². The maximum atomic E-state index is 7.45. The summed E-state index contributed by atoms with van der Waals surface area (Å²) in [5.41, 5.74) is 11.2. The van der Waals surface area contributed by atoms with Gasteiger partial charge in [-0.15, -0.1) is 0 Å². The van der Waals surface area contributed by atoms with Crippen LogP contribution in [0.25, 0.3) is 11.0 Å². The first-order chi connectivity index (χ1) is 14.1. The van der Waals surface area contributed by atoms with Crippen LogP contribution in [0.3, 0.4) is 0 Å². The molecule has 1 heterocycles. The maximum absolute atomic E-state index is 7.45. The molecule has 0 bridgehead atoms. The molecule has 0 radical (unpaired) electrons. The Labute approximate surface area is 169 Å². The highest BCUT2D eigenvalue weighted by molar-refractivity contribution is 5.95. The summed E-state index contributed by atoms with van der Waals surface area (Å²) in [5, 5.41) is 10.8. The molecule has 0 unspecified atom stereocenters. The second-order valence-corrected chi connectivity index (χ2v) is 6.89. The summed E-state index contributed by atoms with van der Waals surface area (Å²) in [5.74, 6) is 1.75. The number of ether oxygens (including phenoxy) is 1. The van der Waals surface area contributed by atoms with Crippen molar-refractivity contribution in [1.82, 2.24) is 9.97 Å². The molecule has 1 aromatic heterocycles. The van der Waals surface area contributed by atoms with Gasteiger partial charge < -0.3 is 20.8 Å². The van der Waals surface area contributed by atoms with E-state index in [9.17, 15) is 0 Å². The Kier molecular flexibility index (Phi) is 5.16. The summed E-state index contributed by atoms with van der Waals surface area (Å²) in [6.07, 6.45) is 0. The van der Waals surface area contributed by atoms with Crippen molar-refractivity contribution >= 4 is 22.6 Å². The van der Waals surface area contributed by atoms with E-state index in [1.807, 2.05) is 61.5 Å². The molecule has 0 fully saturated rings.